The van der Waals surface area contributed by atoms with Gasteiger partial charge in [-0.15, -0.1) is 0 Å². The van der Waals surface area contributed by atoms with Crippen LogP contribution in [-0.4, -0.2) is 18.9 Å². The maximum atomic E-state index is 14.0. The number of benzene rings is 2. The van der Waals surface area contributed by atoms with Crippen molar-refractivity contribution in [3.63, 3.8) is 0 Å². The molecule has 2 aromatic rings. The third-order valence-corrected chi connectivity index (χ3v) is 3.57. The fourth-order valence-electron chi connectivity index (χ4n) is 2.49. The van der Waals surface area contributed by atoms with E-state index in [0.717, 1.165) is 4.90 Å². The average Bonchev–Trinajstić information content (AvgIpc) is 2.53. The van der Waals surface area contributed by atoms with E-state index < -0.39 is 17.9 Å². The average molecular weight is 289 g/mol. The van der Waals surface area contributed by atoms with Crippen LogP contribution in [0.15, 0.2) is 54.6 Å². The molecule has 0 bridgehead atoms. The molecule has 1 heterocycles. The van der Waals surface area contributed by atoms with Gasteiger partial charge in [0.25, 0.3) is 0 Å². The molecule has 0 saturated carbocycles. The van der Waals surface area contributed by atoms with Gasteiger partial charge < -0.3 is 4.74 Å². The Labute approximate surface area is 120 Å². The smallest absolute Gasteiger partial charge is 0.349 e. The summed E-state index contributed by atoms with van der Waals surface area (Å²) >= 11 is 0. The van der Waals surface area contributed by atoms with Gasteiger partial charge in [0.05, 0.1) is 7.11 Å². The van der Waals surface area contributed by atoms with Crippen molar-refractivity contribution in [2.75, 3.05) is 12.0 Å². The predicted octanol–water partition coefficient (Wildman–Crippen LogP) is 3.42. The van der Waals surface area contributed by atoms with E-state index >= 15 is 0 Å². The molecule has 1 atom stereocenters. The van der Waals surface area contributed by atoms with E-state index in [9.17, 15) is 13.6 Å². The van der Waals surface area contributed by atoms with Gasteiger partial charge in [0.2, 0.25) is 0 Å². The van der Waals surface area contributed by atoms with E-state index in [1.807, 2.05) is 0 Å². The number of alkyl halides is 2. The minimum absolute atomic E-state index is 0.379. The standard InChI is InChI=1S/C16H13F2NO2/c1-21-13-9-7-11(8-10-13)14-16(17,18)15(20)19(14)12-5-3-2-4-6-12/h2-10,14H,1H3/t14-/m1/s1. The maximum Gasteiger partial charge on any atom is 0.349 e. The molecule has 5 heteroatoms. The number of methoxy groups -OCH3 is 1. The number of anilines is 1. The first kappa shape index (κ1) is 13.5. The highest BCUT2D eigenvalue weighted by Gasteiger charge is 2.64. The molecule has 0 N–H and O–H groups in total. The summed E-state index contributed by atoms with van der Waals surface area (Å²) in [5.74, 6) is -3.97. The normalized spacial score (nSPS) is 20.0. The van der Waals surface area contributed by atoms with Crippen molar-refractivity contribution < 1.29 is 18.3 Å². The lowest BCUT2D eigenvalue weighted by Crippen LogP contribution is -2.64. The fraction of sp³-hybridized carbons (Fsp3) is 0.188. The van der Waals surface area contributed by atoms with E-state index in [1.54, 1.807) is 54.6 Å². The first-order valence-corrected chi connectivity index (χ1v) is 6.46. The van der Waals surface area contributed by atoms with Crippen molar-refractivity contribution in [3.8, 4) is 5.75 Å². The van der Waals surface area contributed by atoms with Crippen molar-refractivity contribution >= 4 is 11.6 Å². The molecule has 2 aromatic carbocycles. The van der Waals surface area contributed by atoms with Gasteiger partial charge >= 0.3 is 11.8 Å². The Hall–Kier alpha value is -2.43. The molecule has 1 amide bonds. The van der Waals surface area contributed by atoms with E-state index in [2.05, 4.69) is 0 Å². The molecule has 0 unspecified atom stereocenters. The van der Waals surface area contributed by atoms with Crippen LogP contribution in [0.25, 0.3) is 0 Å². The molecule has 1 aliphatic heterocycles. The number of amides is 1. The zero-order chi connectivity index (χ0) is 15.0. The number of ether oxygens (including phenoxy) is 1. The van der Waals surface area contributed by atoms with Gasteiger partial charge in [0, 0.05) is 5.69 Å². The van der Waals surface area contributed by atoms with Crippen LogP contribution in [0.4, 0.5) is 14.5 Å². The molecule has 0 aromatic heterocycles. The second kappa shape index (κ2) is 4.84. The van der Waals surface area contributed by atoms with Crippen LogP contribution in [0.2, 0.25) is 0 Å². The molecule has 3 rings (SSSR count). The number of β-lactam (4-membered cyclic amide) rings is 1. The van der Waals surface area contributed by atoms with Crippen molar-refractivity contribution in [2.45, 2.75) is 12.0 Å². The Morgan fingerprint density at radius 2 is 1.67 bits per heavy atom. The summed E-state index contributed by atoms with van der Waals surface area (Å²) in [5.41, 5.74) is 0.846. The Bertz CT molecular complexity index is 656. The second-order valence-corrected chi connectivity index (χ2v) is 4.81. The SMILES string of the molecule is COc1ccc([C@H]2N(c3ccccc3)C(=O)C2(F)F)cc1. The number of carbonyl (C=O) groups is 1. The second-order valence-electron chi connectivity index (χ2n) is 4.81. The molecule has 1 fully saturated rings. The van der Waals surface area contributed by atoms with Gasteiger partial charge in [-0.25, -0.2) is 0 Å². The number of hydrogen-bond acceptors (Lipinski definition) is 2. The molecule has 21 heavy (non-hydrogen) atoms. The molecule has 3 nitrogen and oxygen atoms in total. The quantitative estimate of drug-likeness (QED) is 0.810. The highest BCUT2D eigenvalue weighted by molar-refractivity contribution is 6.07. The Kier molecular flexibility index (Phi) is 3.12. The van der Waals surface area contributed by atoms with Gasteiger partial charge in [-0.2, -0.15) is 8.78 Å². The lowest BCUT2D eigenvalue weighted by Gasteiger charge is -2.46. The highest BCUT2D eigenvalue weighted by Crippen LogP contribution is 2.49. The van der Waals surface area contributed by atoms with Crippen molar-refractivity contribution in [3.05, 3.63) is 60.2 Å². The number of halogens is 2. The highest BCUT2D eigenvalue weighted by atomic mass is 19.3. The topological polar surface area (TPSA) is 29.5 Å². The molecule has 0 radical (unpaired) electrons. The molecule has 108 valence electrons. The van der Waals surface area contributed by atoms with Crippen LogP contribution in [0.3, 0.4) is 0 Å². The number of para-hydroxylation sites is 1. The van der Waals surface area contributed by atoms with Crippen LogP contribution in [0, 0.1) is 0 Å². The fourth-order valence-corrected chi connectivity index (χ4v) is 2.49. The summed E-state index contributed by atoms with van der Waals surface area (Å²) in [7, 11) is 1.51. The van der Waals surface area contributed by atoms with E-state index in [1.165, 1.54) is 7.11 Å². The Morgan fingerprint density at radius 3 is 2.24 bits per heavy atom. The molecule has 0 spiro atoms. The monoisotopic (exact) mass is 289 g/mol. The van der Waals surface area contributed by atoms with Gasteiger partial charge in [0.15, 0.2) is 0 Å². The van der Waals surface area contributed by atoms with E-state index in [0.29, 0.717) is 17.0 Å². The van der Waals surface area contributed by atoms with Gasteiger partial charge in [-0.3, -0.25) is 9.69 Å². The minimum Gasteiger partial charge on any atom is -0.497 e. The van der Waals surface area contributed by atoms with Crippen LogP contribution in [0.1, 0.15) is 11.6 Å². The summed E-state index contributed by atoms with van der Waals surface area (Å²) in [5, 5.41) is 0. The summed E-state index contributed by atoms with van der Waals surface area (Å²) in [6.07, 6.45) is 0. The predicted molar refractivity (Wildman–Crippen MR) is 74.6 cm³/mol. The van der Waals surface area contributed by atoms with Gasteiger partial charge in [-0.05, 0) is 29.8 Å². The third kappa shape index (κ3) is 2.05. The lowest BCUT2D eigenvalue weighted by atomic mass is 9.89. The van der Waals surface area contributed by atoms with Crippen LogP contribution in [0.5, 0.6) is 5.75 Å². The van der Waals surface area contributed by atoms with E-state index in [-0.39, 0.29) is 0 Å². The molecule has 0 aliphatic carbocycles. The van der Waals surface area contributed by atoms with Crippen molar-refractivity contribution in [2.24, 2.45) is 0 Å². The molecule has 1 saturated heterocycles. The third-order valence-electron chi connectivity index (χ3n) is 3.57. The van der Waals surface area contributed by atoms with Crippen molar-refractivity contribution in [1.82, 2.24) is 0 Å². The first-order chi connectivity index (χ1) is 10.1. The number of nitrogens with zero attached hydrogens (tertiary/aromatic N) is 1. The summed E-state index contributed by atoms with van der Waals surface area (Å²) in [6.45, 7) is 0. The number of rotatable bonds is 3. The van der Waals surface area contributed by atoms with Crippen LogP contribution >= 0.6 is 0 Å². The maximum absolute atomic E-state index is 14.0. The lowest BCUT2D eigenvalue weighted by molar-refractivity contribution is -0.162. The Morgan fingerprint density at radius 1 is 1.05 bits per heavy atom. The van der Waals surface area contributed by atoms with Gasteiger partial charge in [-0.1, -0.05) is 30.3 Å². The van der Waals surface area contributed by atoms with Crippen molar-refractivity contribution in [1.29, 1.82) is 0 Å². The Balaban J connectivity index is 1.99. The van der Waals surface area contributed by atoms with Crippen LogP contribution in [-0.2, 0) is 4.79 Å². The molecular weight excluding hydrogens is 276 g/mol. The van der Waals surface area contributed by atoms with Gasteiger partial charge in [0.1, 0.15) is 11.8 Å². The summed E-state index contributed by atoms with van der Waals surface area (Å²) in [4.78, 5) is 12.9. The van der Waals surface area contributed by atoms with Crippen LogP contribution < -0.4 is 9.64 Å². The zero-order valence-corrected chi connectivity index (χ0v) is 11.3. The minimum atomic E-state index is -3.38. The largest absolute Gasteiger partial charge is 0.497 e. The van der Waals surface area contributed by atoms with E-state index in [4.69, 9.17) is 4.74 Å². The summed E-state index contributed by atoms with van der Waals surface area (Å²) < 4.78 is 33.0. The number of carbonyl (C=O) groups excluding carboxylic acids is 1. The molecular formula is C16H13F2NO2. The number of hydrogen-bond donors (Lipinski definition) is 0. The molecule has 1 aliphatic rings. The zero-order valence-electron chi connectivity index (χ0n) is 11.3. The first-order valence-electron chi connectivity index (χ1n) is 6.46. The summed E-state index contributed by atoms with van der Waals surface area (Å²) in [6, 6.07) is 13.5.